The van der Waals surface area contributed by atoms with Crippen molar-refractivity contribution in [1.82, 2.24) is 10.1 Å². The summed E-state index contributed by atoms with van der Waals surface area (Å²) in [6, 6.07) is 0.210. The number of aryl methyl sites for hydroxylation is 2. The van der Waals surface area contributed by atoms with Crippen LogP contribution >= 0.6 is 0 Å². The fourth-order valence-electron chi connectivity index (χ4n) is 2.65. The first kappa shape index (κ1) is 16.5. The number of aliphatic carboxylic acids is 1. The third-order valence-electron chi connectivity index (χ3n) is 4.28. The molecule has 0 spiro atoms. The number of carbonyl (C=O) groups is 2. The van der Waals surface area contributed by atoms with Crippen molar-refractivity contribution in [1.29, 1.82) is 0 Å². The van der Waals surface area contributed by atoms with Crippen LogP contribution < -0.4 is 0 Å². The van der Waals surface area contributed by atoms with Gasteiger partial charge in [-0.25, -0.2) is 0 Å². The van der Waals surface area contributed by atoms with Crippen LogP contribution in [0, 0.1) is 25.7 Å². The van der Waals surface area contributed by atoms with E-state index in [9.17, 15) is 9.59 Å². The van der Waals surface area contributed by atoms with Crippen LogP contribution in [0.25, 0.3) is 0 Å². The minimum absolute atomic E-state index is 0.0237. The Labute approximate surface area is 130 Å². The lowest BCUT2D eigenvalue weighted by Crippen LogP contribution is -2.41. The molecule has 0 aliphatic heterocycles. The molecule has 1 aromatic heterocycles. The Kier molecular flexibility index (Phi) is 4.88. The maximum atomic E-state index is 12.7. The molecule has 1 amide bonds. The maximum absolute atomic E-state index is 12.7. The first-order valence-electron chi connectivity index (χ1n) is 7.76. The van der Waals surface area contributed by atoms with Crippen molar-refractivity contribution in [2.75, 3.05) is 6.54 Å². The molecule has 1 aliphatic rings. The number of rotatable bonds is 7. The van der Waals surface area contributed by atoms with Crippen LogP contribution in [0.15, 0.2) is 4.52 Å². The summed E-state index contributed by atoms with van der Waals surface area (Å²) in [6.07, 6.45) is 2.51. The first-order valence-corrected chi connectivity index (χ1v) is 7.76. The van der Waals surface area contributed by atoms with E-state index in [1.165, 1.54) is 0 Å². The van der Waals surface area contributed by atoms with E-state index in [1.54, 1.807) is 11.8 Å². The van der Waals surface area contributed by atoms with E-state index in [4.69, 9.17) is 9.63 Å². The highest BCUT2D eigenvalue weighted by molar-refractivity contribution is 5.80. The van der Waals surface area contributed by atoms with E-state index in [2.05, 4.69) is 5.16 Å². The van der Waals surface area contributed by atoms with Gasteiger partial charge in [0, 0.05) is 24.1 Å². The minimum Gasteiger partial charge on any atom is -0.481 e. The fourth-order valence-corrected chi connectivity index (χ4v) is 2.65. The second-order valence-corrected chi connectivity index (χ2v) is 6.37. The van der Waals surface area contributed by atoms with Crippen molar-refractivity contribution in [3.63, 3.8) is 0 Å². The molecule has 0 bridgehead atoms. The Morgan fingerprint density at radius 2 is 1.95 bits per heavy atom. The number of hydrogen-bond donors (Lipinski definition) is 1. The van der Waals surface area contributed by atoms with Crippen molar-refractivity contribution in [2.24, 2.45) is 11.8 Å². The van der Waals surface area contributed by atoms with Gasteiger partial charge in [0.15, 0.2) is 0 Å². The second kappa shape index (κ2) is 6.50. The zero-order chi connectivity index (χ0) is 16.4. The Morgan fingerprint density at radius 1 is 1.32 bits per heavy atom. The highest BCUT2D eigenvalue weighted by Crippen LogP contribution is 2.30. The molecule has 2 rings (SSSR count). The van der Waals surface area contributed by atoms with Gasteiger partial charge in [0.05, 0.1) is 11.6 Å². The van der Waals surface area contributed by atoms with Gasteiger partial charge >= 0.3 is 5.97 Å². The molecule has 1 N–H and O–H groups in total. The van der Waals surface area contributed by atoms with Gasteiger partial charge in [-0.3, -0.25) is 9.59 Å². The SMILES string of the molecule is Cc1noc(C)c1C[C@@H](C)C(=O)N(C[C@H](C)C(=O)O)C1CC1. The predicted octanol–water partition coefficient (Wildman–Crippen LogP) is 2.18. The van der Waals surface area contributed by atoms with E-state index < -0.39 is 11.9 Å². The number of hydrogen-bond acceptors (Lipinski definition) is 4. The van der Waals surface area contributed by atoms with Crippen molar-refractivity contribution in [3.05, 3.63) is 17.0 Å². The Balaban J connectivity index is 2.05. The fraction of sp³-hybridized carbons (Fsp3) is 0.688. The predicted molar refractivity (Wildman–Crippen MR) is 80.4 cm³/mol. The third-order valence-corrected chi connectivity index (χ3v) is 4.28. The summed E-state index contributed by atoms with van der Waals surface area (Å²) < 4.78 is 5.14. The van der Waals surface area contributed by atoms with Crippen molar-refractivity contribution >= 4 is 11.9 Å². The van der Waals surface area contributed by atoms with E-state index >= 15 is 0 Å². The van der Waals surface area contributed by atoms with Crippen LogP contribution in [-0.4, -0.2) is 39.6 Å². The average molecular weight is 308 g/mol. The molecule has 1 aromatic rings. The van der Waals surface area contributed by atoms with E-state index in [-0.39, 0.29) is 24.4 Å². The molecule has 0 radical (unpaired) electrons. The molecule has 1 fully saturated rings. The highest BCUT2D eigenvalue weighted by atomic mass is 16.5. The monoisotopic (exact) mass is 308 g/mol. The largest absolute Gasteiger partial charge is 0.481 e. The van der Waals surface area contributed by atoms with Crippen LogP contribution in [0.4, 0.5) is 0 Å². The lowest BCUT2D eigenvalue weighted by molar-refractivity contribution is -0.144. The van der Waals surface area contributed by atoms with Gasteiger partial charge in [0.25, 0.3) is 0 Å². The summed E-state index contributed by atoms with van der Waals surface area (Å²) in [7, 11) is 0. The quantitative estimate of drug-likeness (QED) is 0.834. The molecule has 0 aromatic carbocycles. The molecule has 1 heterocycles. The Hall–Kier alpha value is -1.85. The summed E-state index contributed by atoms with van der Waals surface area (Å²) >= 11 is 0. The van der Waals surface area contributed by atoms with Gasteiger partial charge in [-0.05, 0) is 33.1 Å². The smallest absolute Gasteiger partial charge is 0.308 e. The molecule has 6 heteroatoms. The number of carbonyl (C=O) groups excluding carboxylic acids is 1. The molecule has 1 saturated carbocycles. The molecule has 1 aliphatic carbocycles. The summed E-state index contributed by atoms with van der Waals surface area (Å²) in [5.74, 6) is -0.851. The van der Waals surface area contributed by atoms with Gasteiger partial charge in [-0.2, -0.15) is 0 Å². The number of nitrogens with zero attached hydrogens (tertiary/aromatic N) is 2. The van der Waals surface area contributed by atoms with E-state index in [1.807, 2.05) is 20.8 Å². The molecule has 122 valence electrons. The van der Waals surface area contributed by atoms with Crippen molar-refractivity contribution < 1.29 is 19.2 Å². The lowest BCUT2D eigenvalue weighted by atomic mass is 9.98. The van der Waals surface area contributed by atoms with E-state index in [0.717, 1.165) is 29.9 Å². The van der Waals surface area contributed by atoms with Gasteiger partial charge in [-0.15, -0.1) is 0 Å². The summed E-state index contributed by atoms with van der Waals surface area (Å²) in [6.45, 7) is 7.52. The second-order valence-electron chi connectivity index (χ2n) is 6.37. The Morgan fingerprint density at radius 3 is 2.41 bits per heavy atom. The van der Waals surface area contributed by atoms with Crippen molar-refractivity contribution in [3.8, 4) is 0 Å². The van der Waals surface area contributed by atoms with Gasteiger partial charge in [-0.1, -0.05) is 19.0 Å². The van der Waals surface area contributed by atoms with Gasteiger partial charge in [0.1, 0.15) is 5.76 Å². The van der Waals surface area contributed by atoms with Crippen molar-refractivity contribution in [2.45, 2.75) is 53.0 Å². The topological polar surface area (TPSA) is 83.6 Å². The summed E-state index contributed by atoms with van der Waals surface area (Å²) in [5.41, 5.74) is 1.79. The highest BCUT2D eigenvalue weighted by Gasteiger charge is 2.36. The van der Waals surface area contributed by atoms with E-state index in [0.29, 0.717) is 6.42 Å². The zero-order valence-corrected chi connectivity index (χ0v) is 13.6. The maximum Gasteiger partial charge on any atom is 0.308 e. The average Bonchev–Trinajstić information content (AvgIpc) is 3.25. The van der Waals surface area contributed by atoms with Gasteiger partial charge < -0.3 is 14.5 Å². The molecular formula is C16H24N2O4. The van der Waals surface area contributed by atoms with Crippen LogP contribution in [0.5, 0.6) is 0 Å². The number of carboxylic acid groups (broad SMARTS) is 1. The van der Waals surface area contributed by atoms with Crippen LogP contribution in [-0.2, 0) is 16.0 Å². The molecule has 2 atom stereocenters. The normalized spacial score (nSPS) is 17.1. The van der Waals surface area contributed by atoms with Crippen LogP contribution in [0.2, 0.25) is 0 Å². The standard InChI is InChI=1S/C16H24N2O4/c1-9(7-14-11(3)17-22-12(14)4)15(19)18(13-5-6-13)8-10(2)16(20)21/h9-10,13H,5-8H2,1-4H3,(H,20,21)/t9-,10+/m1/s1. The number of amides is 1. The third kappa shape index (κ3) is 3.67. The zero-order valence-electron chi connectivity index (χ0n) is 13.6. The number of carboxylic acids is 1. The summed E-state index contributed by atoms with van der Waals surface area (Å²) in [4.78, 5) is 25.5. The van der Waals surface area contributed by atoms with Gasteiger partial charge in [0.2, 0.25) is 5.91 Å². The molecule has 0 unspecified atom stereocenters. The first-order chi connectivity index (χ1) is 10.3. The van der Waals surface area contributed by atoms with Crippen LogP contribution in [0.1, 0.15) is 43.7 Å². The molecular weight excluding hydrogens is 284 g/mol. The molecule has 22 heavy (non-hydrogen) atoms. The number of aromatic nitrogens is 1. The lowest BCUT2D eigenvalue weighted by Gasteiger charge is -2.27. The molecule has 6 nitrogen and oxygen atoms in total. The Bertz CT molecular complexity index is 543. The molecule has 0 saturated heterocycles. The minimum atomic E-state index is -0.864. The van der Waals surface area contributed by atoms with Crippen LogP contribution in [0.3, 0.4) is 0 Å². The summed E-state index contributed by atoms with van der Waals surface area (Å²) in [5, 5.41) is 13.0.